The maximum atomic E-state index is 13.6. The van der Waals surface area contributed by atoms with Crippen LogP contribution in [0.1, 0.15) is 30.6 Å². The first-order chi connectivity index (χ1) is 12.0. The van der Waals surface area contributed by atoms with Crippen molar-refractivity contribution in [3.8, 4) is 5.75 Å². The standard InChI is InChI=1S/C19H21FN2O2S/c1-13(2)10-11-24-15-7-5-6-14(12-15)18(23)22-19(25)21-17-9-4-3-8-16(17)20/h3-9,12-13H,10-11H2,1-2H3,(H2,21,22,23,25). The van der Waals surface area contributed by atoms with Crippen LogP contribution >= 0.6 is 12.2 Å². The van der Waals surface area contributed by atoms with Crippen molar-refractivity contribution in [1.29, 1.82) is 0 Å². The fraction of sp³-hybridized carbons (Fsp3) is 0.263. The molecule has 25 heavy (non-hydrogen) atoms. The second-order valence-electron chi connectivity index (χ2n) is 5.95. The third-order valence-electron chi connectivity index (χ3n) is 3.41. The van der Waals surface area contributed by atoms with Crippen LogP contribution in [0.15, 0.2) is 48.5 Å². The number of rotatable bonds is 6. The van der Waals surface area contributed by atoms with Gasteiger partial charge in [-0.3, -0.25) is 10.1 Å². The molecule has 0 saturated carbocycles. The van der Waals surface area contributed by atoms with E-state index in [4.69, 9.17) is 17.0 Å². The summed E-state index contributed by atoms with van der Waals surface area (Å²) in [5.74, 6) is 0.345. The molecule has 2 rings (SSSR count). The number of amides is 1. The van der Waals surface area contributed by atoms with E-state index in [9.17, 15) is 9.18 Å². The number of carbonyl (C=O) groups excluding carboxylic acids is 1. The Bertz CT molecular complexity index is 750. The Morgan fingerprint density at radius 1 is 1.20 bits per heavy atom. The van der Waals surface area contributed by atoms with Gasteiger partial charge in [-0.25, -0.2) is 4.39 Å². The molecular weight excluding hydrogens is 339 g/mol. The SMILES string of the molecule is CC(C)CCOc1cccc(C(=O)NC(=S)Nc2ccccc2F)c1. The van der Waals surface area contributed by atoms with Crippen molar-refractivity contribution in [1.82, 2.24) is 5.32 Å². The molecular formula is C19H21FN2O2S. The van der Waals surface area contributed by atoms with E-state index >= 15 is 0 Å². The van der Waals surface area contributed by atoms with E-state index in [1.165, 1.54) is 12.1 Å². The predicted octanol–water partition coefficient (Wildman–Crippen LogP) is 4.38. The summed E-state index contributed by atoms with van der Waals surface area (Å²) in [6.45, 7) is 4.84. The Hall–Kier alpha value is -2.47. The van der Waals surface area contributed by atoms with Crippen molar-refractivity contribution in [3.05, 3.63) is 59.9 Å². The van der Waals surface area contributed by atoms with Crippen LogP contribution < -0.4 is 15.4 Å². The number of hydrogen-bond acceptors (Lipinski definition) is 3. The second kappa shape index (κ2) is 9.13. The van der Waals surface area contributed by atoms with Gasteiger partial charge in [0.15, 0.2) is 5.11 Å². The molecule has 2 aromatic rings. The molecule has 0 fully saturated rings. The molecule has 2 aromatic carbocycles. The molecule has 0 heterocycles. The zero-order valence-electron chi connectivity index (χ0n) is 14.2. The van der Waals surface area contributed by atoms with Gasteiger partial charge < -0.3 is 10.1 Å². The molecule has 132 valence electrons. The molecule has 0 atom stereocenters. The Kier molecular flexibility index (Phi) is 6.89. The molecule has 0 aliphatic heterocycles. The lowest BCUT2D eigenvalue weighted by molar-refractivity contribution is 0.0977. The molecule has 4 nitrogen and oxygen atoms in total. The van der Waals surface area contributed by atoms with Crippen molar-refractivity contribution in [2.75, 3.05) is 11.9 Å². The highest BCUT2D eigenvalue weighted by atomic mass is 32.1. The van der Waals surface area contributed by atoms with Crippen molar-refractivity contribution >= 4 is 28.9 Å². The molecule has 0 spiro atoms. The minimum absolute atomic E-state index is 0.0289. The van der Waals surface area contributed by atoms with Gasteiger partial charge in [0.1, 0.15) is 11.6 Å². The first-order valence-corrected chi connectivity index (χ1v) is 8.46. The molecule has 2 N–H and O–H groups in total. The predicted molar refractivity (Wildman–Crippen MR) is 101 cm³/mol. The lowest BCUT2D eigenvalue weighted by Crippen LogP contribution is -2.34. The molecule has 0 aromatic heterocycles. The highest BCUT2D eigenvalue weighted by molar-refractivity contribution is 7.80. The smallest absolute Gasteiger partial charge is 0.257 e. The van der Waals surface area contributed by atoms with Crippen LogP contribution in [-0.4, -0.2) is 17.6 Å². The van der Waals surface area contributed by atoms with Crippen molar-refractivity contribution in [2.24, 2.45) is 5.92 Å². The molecule has 1 amide bonds. The third kappa shape index (κ3) is 6.15. The van der Waals surface area contributed by atoms with Crippen LogP contribution in [0, 0.1) is 11.7 Å². The number of benzene rings is 2. The Labute approximate surface area is 152 Å². The molecule has 0 bridgehead atoms. The number of nitrogens with one attached hydrogen (secondary N) is 2. The van der Waals surface area contributed by atoms with Gasteiger partial charge in [0.25, 0.3) is 5.91 Å². The van der Waals surface area contributed by atoms with E-state index in [0.717, 1.165) is 6.42 Å². The van der Waals surface area contributed by atoms with Crippen molar-refractivity contribution < 1.29 is 13.9 Å². The normalized spacial score (nSPS) is 10.4. The highest BCUT2D eigenvalue weighted by Crippen LogP contribution is 2.15. The molecule has 0 saturated heterocycles. The topological polar surface area (TPSA) is 50.4 Å². The van der Waals surface area contributed by atoms with Crippen LogP contribution in [0.2, 0.25) is 0 Å². The van der Waals surface area contributed by atoms with Crippen LogP contribution in [0.4, 0.5) is 10.1 Å². The zero-order chi connectivity index (χ0) is 18.2. The number of thiocarbonyl (C=S) groups is 1. The maximum Gasteiger partial charge on any atom is 0.257 e. The largest absolute Gasteiger partial charge is 0.494 e. The van der Waals surface area contributed by atoms with Gasteiger partial charge in [-0.15, -0.1) is 0 Å². The van der Waals surface area contributed by atoms with Gasteiger partial charge in [0.2, 0.25) is 0 Å². The maximum absolute atomic E-state index is 13.6. The minimum atomic E-state index is -0.445. The minimum Gasteiger partial charge on any atom is -0.494 e. The van der Waals surface area contributed by atoms with E-state index in [-0.39, 0.29) is 16.7 Å². The Balaban J connectivity index is 1.94. The summed E-state index contributed by atoms with van der Waals surface area (Å²) in [5, 5.41) is 5.23. The van der Waals surface area contributed by atoms with E-state index in [1.54, 1.807) is 36.4 Å². The first-order valence-electron chi connectivity index (χ1n) is 8.05. The Morgan fingerprint density at radius 3 is 2.68 bits per heavy atom. The van der Waals surface area contributed by atoms with Gasteiger partial charge >= 0.3 is 0 Å². The average Bonchev–Trinajstić information content (AvgIpc) is 2.57. The van der Waals surface area contributed by atoms with E-state index < -0.39 is 5.82 Å². The number of halogens is 1. The van der Waals surface area contributed by atoms with Crippen LogP contribution in [0.5, 0.6) is 5.75 Å². The van der Waals surface area contributed by atoms with Crippen molar-refractivity contribution in [2.45, 2.75) is 20.3 Å². The summed E-state index contributed by atoms with van der Waals surface area (Å²) >= 11 is 5.06. The lowest BCUT2D eigenvalue weighted by atomic mass is 10.1. The van der Waals surface area contributed by atoms with E-state index in [1.807, 2.05) is 0 Å². The van der Waals surface area contributed by atoms with E-state index in [0.29, 0.717) is 23.8 Å². The molecule has 0 aliphatic carbocycles. The summed E-state index contributed by atoms with van der Waals surface area (Å²) < 4.78 is 19.2. The average molecular weight is 360 g/mol. The van der Waals surface area contributed by atoms with Crippen LogP contribution in [-0.2, 0) is 0 Å². The number of ether oxygens (including phenoxy) is 1. The summed E-state index contributed by atoms with van der Waals surface area (Å²) in [5.41, 5.74) is 0.623. The second-order valence-corrected chi connectivity index (χ2v) is 6.36. The molecule has 0 aliphatic rings. The van der Waals surface area contributed by atoms with Gasteiger partial charge in [-0.05, 0) is 54.9 Å². The van der Waals surface area contributed by atoms with E-state index in [2.05, 4.69) is 24.5 Å². The number of para-hydroxylation sites is 1. The summed E-state index contributed by atoms with van der Waals surface area (Å²) in [7, 11) is 0. The van der Waals surface area contributed by atoms with Crippen LogP contribution in [0.3, 0.4) is 0 Å². The van der Waals surface area contributed by atoms with Crippen LogP contribution in [0.25, 0.3) is 0 Å². The summed E-state index contributed by atoms with van der Waals surface area (Å²) in [4.78, 5) is 12.3. The molecule has 0 unspecified atom stereocenters. The monoisotopic (exact) mass is 360 g/mol. The van der Waals surface area contributed by atoms with Gasteiger partial charge in [-0.2, -0.15) is 0 Å². The molecule has 6 heteroatoms. The van der Waals surface area contributed by atoms with Gasteiger partial charge in [0, 0.05) is 5.56 Å². The number of hydrogen-bond donors (Lipinski definition) is 2. The fourth-order valence-corrected chi connectivity index (χ4v) is 2.23. The quantitative estimate of drug-likeness (QED) is 0.751. The Morgan fingerprint density at radius 2 is 1.96 bits per heavy atom. The molecule has 0 radical (unpaired) electrons. The number of carbonyl (C=O) groups is 1. The first kappa shape index (κ1) is 18.9. The fourth-order valence-electron chi connectivity index (χ4n) is 2.03. The van der Waals surface area contributed by atoms with Crippen molar-refractivity contribution in [3.63, 3.8) is 0 Å². The number of anilines is 1. The van der Waals surface area contributed by atoms with Gasteiger partial charge in [-0.1, -0.05) is 32.0 Å². The summed E-state index contributed by atoms with van der Waals surface area (Å²) in [6.07, 6.45) is 0.938. The lowest BCUT2D eigenvalue weighted by Gasteiger charge is -2.11. The third-order valence-corrected chi connectivity index (χ3v) is 3.61. The van der Waals surface area contributed by atoms with Gasteiger partial charge in [0.05, 0.1) is 12.3 Å². The summed E-state index contributed by atoms with van der Waals surface area (Å²) in [6, 6.07) is 13.0. The highest BCUT2D eigenvalue weighted by Gasteiger charge is 2.10. The zero-order valence-corrected chi connectivity index (χ0v) is 15.0.